The van der Waals surface area contributed by atoms with E-state index in [1.807, 2.05) is 0 Å². The summed E-state index contributed by atoms with van der Waals surface area (Å²) in [5.41, 5.74) is 5.46. The third kappa shape index (κ3) is 6.06. The number of carbonyl (C=O) groups is 1. The van der Waals surface area contributed by atoms with Crippen LogP contribution in [-0.2, 0) is 9.53 Å². The van der Waals surface area contributed by atoms with Gasteiger partial charge in [-0.15, -0.1) is 0 Å². The first kappa shape index (κ1) is 14.5. The Bertz CT molecular complexity index is 212. The molecule has 1 aliphatic rings. The minimum atomic E-state index is -0.143. The molecule has 2 N–H and O–H groups in total. The highest BCUT2D eigenvalue weighted by Crippen LogP contribution is 2.23. The molecular weight excluding hydrogens is 214 g/mol. The van der Waals surface area contributed by atoms with Crippen LogP contribution in [0.1, 0.15) is 64.7 Å². The summed E-state index contributed by atoms with van der Waals surface area (Å²) in [5, 5.41) is 0. The van der Waals surface area contributed by atoms with E-state index in [-0.39, 0.29) is 17.9 Å². The van der Waals surface area contributed by atoms with E-state index in [0.29, 0.717) is 0 Å². The van der Waals surface area contributed by atoms with Gasteiger partial charge < -0.3 is 10.5 Å². The first-order valence-electron chi connectivity index (χ1n) is 7.15. The molecule has 0 bridgehead atoms. The SMILES string of the molecule is CCCCCCCC(C[C@@H]1CCCO1)C(N)=O. The maximum absolute atomic E-state index is 11.4. The van der Waals surface area contributed by atoms with Crippen LogP contribution in [0.25, 0.3) is 0 Å². The van der Waals surface area contributed by atoms with Crippen LogP contribution in [0.15, 0.2) is 0 Å². The third-order valence-corrected chi connectivity index (χ3v) is 3.63. The van der Waals surface area contributed by atoms with Crippen molar-refractivity contribution in [3.63, 3.8) is 0 Å². The van der Waals surface area contributed by atoms with Crippen LogP contribution in [0, 0.1) is 5.92 Å². The third-order valence-electron chi connectivity index (χ3n) is 3.63. The van der Waals surface area contributed by atoms with Gasteiger partial charge in [0.05, 0.1) is 6.10 Å². The number of nitrogens with two attached hydrogens (primary N) is 1. The van der Waals surface area contributed by atoms with Gasteiger partial charge in [-0.3, -0.25) is 4.79 Å². The van der Waals surface area contributed by atoms with Crippen molar-refractivity contribution in [1.29, 1.82) is 0 Å². The van der Waals surface area contributed by atoms with E-state index in [9.17, 15) is 4.79 Å². The number of unbranched alkanes of at least 4 members (excludes halogenated alkanes) is 4. The van der Waals surface area contributed by atoms with Gasteiger partial charge in [0.2, 0.25) is 5.91 Å². The predicted octanol–water partition coefficient (Wildman–Crippen LogP) is 3.02. The van der Waals surface area contributed by atoms with E-state index in [1.165, 1.54) is 25.7 Å². The van der Waals surface area contributed by atoms with E-state index in [1.54, 1.807) is 0 Å². The Balaban J connectivity index is 2.16. The van der Waals surface area contributed by atoms with Crippen molar-refractivity contribution >= 4 is 5.91 Å². The minimum absolute atomic E-state index is 0.0275. The van der Waals surface area contributed by atoms with Gasteiger partial charge in [0, 0.05) is 12.5 Å². The zero-order chi connectivity index (χ0) is 12.5. The molecule has 1 aliphatic heterocycles. The van der Waals surface area contributed by atoms with Gasteiger partial charge >= 0.3 is 0 Å². The predicted molar refractivity (Wildman–Crippen MR) is 69.7 cm³/mol. The fourth-order valence-corrected chi connectivity index (χ4v) is 2.52. The summed E-state index contributed by atoms with van der Waals surface area (Å²) < 4.78 is 5.57. The molecule has 0 aromatic carbocycles. The van der Waals surface area contributed by atoms with Gasteiger partial charge in [-0.05, 0) is 25.7 Å². The molecule has 1 amide bonds. The van der Waals surface area contributed by atoms with Crippen LogP contribution in [-0.4, -0.2) is 18.6 Å². The van der Waals surface area contributed by atoms with Crippen LogP contribution < -0.4 is 5.73 Å². The van der Waals surface area contributed by atoms with Crippen molar-refractivity contribution in [3.8, 4) is 0 Å². The van der Waals surface area contributed by atoms with Gasteiger partial charge in [0.15, 0.2) is 0 Å². The summed E-state index contributed by atoms with van der Waals surface area (Å²) in [6, 6.07) is 0. The molecule has 100 valence electrons. The second-order valence-corrected chi connectivity index (χ2v) is 5.17. The number of ether oxygens (including phenoxy) is 1. The highest BCUT2D eigenvalue weighted by atomic mass is 16.5. The summed E-state index contributed by atoms with van der Waals surface area (Å²) in [5.74, 6) is -0.115. The van der Waals surface area contributed by atoms with Crippen LogP contribution in [0.3, 0.4) is 0 Å². The quantitative estimate of drug-likeness (QED) is 0.631. The molecule has 0 spiro atoms. The summed E-state index contributed by atoms with van der Waals surface area (Å²) in [4.78, 5) is 11.4. The van der Waals surface area contributed by atoms with Crippen molar-refractivity contribution in [2.45, 2.75) is 70.8 Å². The smallest absolute Gasteiger partial charge is 0.220 e. The average Bonchev–Trinajstić information content (AvgIpc) is 2.79. The van der Waals surface area contributed by atoms with Crippen molar-refractivity contribution in [1.82, 2.24) is 0 Å². The molecule has 0 radical (unpaired) electrons. The van der Waals surface area contributed by atoms with Crippen LogP contribution in [0.2, 0.25) is 0 Å². The van der Waals surface area contributed by atoms with E-state index < -0.39 is 0 Å². The van der Waals surface area contributed by atoms with Gasteiger partial charge in [-0.2, -0.15) is 0 Å². The van der Waals surface area contributed by atoms with E-state index >= 15 is 0 Å². The van der Waals surface area contributed by atoms with Crippen molar-refractivity contribution in [2.24, 2.45) is 11.7 Å². The molecule has 1 saturated heterocycles. The molecule has 1 heterocycles. The first-order chi connectivity index (χ1) is 8.24. The monoisotopic (exact) mass is 241 g/mol. The number of carbonyl (C=O) groups excluding carboxylic acids is 1. The van der Waals surface area contributed by atoms with Gasteiger partial charge in [-0.1, -0.05) is 39.0 Å². The van der Waals surface area contributed by atoms with Crippen LogP contribution in [0.5, 0.6) is 0 Å². The van der Waals surface area contributed by atoms with Gasteiger partial charge in [0.25, 0.3) is 0 Å². The molecule has 0 saturated carbocycles. The van der Waals surface area contributed by atoms with Crippen LogP contribution >= 0.6 is 0 Å². The number of amides is 1. The standard InChI is InChI=1S/C14H27NO2/c1-2-3-4-5-6-8-12(14(15)16)11-13-9-7-10-17-13/h12-13H,2-11H2,1H3,(H2,15,16)/t12?,13-/m0/s1. The molecule has 0 aromatic rings. The van der Waals surface area contributed by atoms with E-state index in [4.69, 9.17) is 10.5 Å². The topological polar surface area (TPSA) is 52.3 Å². The maximum Gasteiger partial charge on any atom is 0.220 e. The normalized spacial score (nSPS) is 21.6. The lowest BCUT2D eigenvalue weighted by molar-refractivity contribution is -0.123. The van der Waals surface area contributed by atoms with Crippen LogP contribution in [0.4, 0.5) is 0 Å². The molecule has 1 fully saturated rings. The highest BCUT2D eigenvalue weighted by Gasteiger charge is 2.23. The summed E-state index contributed by atoms with van der Waals surface area (Å²) in [7, 11) is 0. The number of hydrogen-bond acceptors (Lipinski definition) is 2. The molecule has 17 heavy (non-hydrogen) atoms. The summed E-state index contributed by atoms with van der Waals surface area (Å²) in [6.07, 6.45) is 10.5. The number of hydrogen-bond donors (Lipinski definition) is 1. The molecule has 1 rings (SSSR count). The Labute approximate surface area is 105 Å². The minimum Gasteiger partial charge on any atom is -0.378 e. The Kier molecular flexibility index (Phi) is 7.25. The second kappa shape index (κ2) is 8.51. The molecule has 0 aliphatic carbocycles. The van der Waals surface area contributed by atoms with Gasteiger partial charge in [-0.25, -0.2) is 0 Å². The van der Waals surface area contributed by atoms with Crippen molar-refractivity contribution in [2.75, 3.05) is 6.61 Å². The average molecular weight is 241 g/mol. The van der Waals surface area contributed by atoms with Crippen molar-refractivity contribution in [3.05, 3.63) is 0 Å². The Morgan fingerprint density at radius 1 is 1.35 bits per heavy atom. The zero-order valence-corrected chi connectivity index (χ0v) is 11.1. The molecule has 3 heteroatoms. The fraction of sp³-hybridized carbons (Fsp3) is 0.929. The van der Waals surface area contributed by atoms with E-state index in [2.05, 4.69) is 6.92 Å². The molecule has 0 aromatic heterocycles. The summed E-state index contributed by atoms with van der Waals surface area (Å²) in [6.45, 7) is 3.07. The Hall–Kier alpha value is -0.570. The lowest BCUT2D eigenvalue weighted by Crippen LogP contribution is -2.27. The molecule has 2 atom stereocenters. The second-order valence-electron chi connectivity index (χ2n) is 5.17. The lowest BCUT2D eigenvalue weighted by Gasteiger charge is -2.17. The largest absolute Gasteiger partial charge is 0.378 e. The Morgan fingerprint density at radius 2 is 2.12 bits per heavy atom. The summed E-state index contributed by atoms with van der Waals surface area (Å²) >= 11 is 0. The fourth-order valence-electron chi connectivity index (χ4n) is 2.52. The van der Waals surface area contributed by atoms with Crippen molar-refractivity contribution < 1.29 is 9.53 Å². The molecule has 3 nitrogen and oxygen atoms in total. The zero-order valence-electron chi connectivity index (χ0n) is 11.1. The molecular formula is C14H27NO2. The highest BCUT2D eigenvalue weighted by molar-refractivity contribution is 5.76. The Morgan fingerprint density at radius 3 is 2.71 bits per heavy atom. The lowest BCUT2D eigenvalue weighted by atomic mass is 9.93. The maximum atomic E-state index is 11.4. The molecule has 1 unspecified atom stereocenters. The van der Waals surface area contributed by atoms with E-state index in [0.717, 1.165) is 38.7 Å². The van der Waals surface area contributed by atoms with Gasteiger partial charge in [0.1, 0.15) is 0 Å². The number of rotatable bonds is 9. The number of primary amides is 1. The first-order valence-corrected chi connectivity index (χ1v) is 7.15.